The predicted octanol–water partition coefficient (Wildman–Crippen LogP) is 4.09. The molecule has 10 heteroatoms. The molecule has 0 saturated heterocycles. The normalized spacial score (nSPS) is 18.4. The Morgan fingerprint density at radius 2 is 1.81 bits per heavy atom. The number of carbonyl (C=O) groups excluding carboxylic acids is 1. The Hall–Kier alpha value is -3.60. The molecule has 0 fully saturated rings. The van der Waals surface area contributed by atoms with Crippen LogP contribution in [0, 0.1) is 12.8 Å². The highest BCUT2D eigenvalue weighted by molar-refractivity contribution is 7.92. The third kappa shape index (κ3) is 7.81. The zero-order valence-corrected chi connectivity index (χ0v) is 25.7. The predicted molar refractivity (Wildman–Crippen MR) is 163 cm³/mol. The summed E-state index contributed by atoms with van der Waals surface area (Å²) < 4.78 is 40.6. The summed E-state index contributed by atoms with van der Waals surface area (Å²) in [5, 5.41) is 9.91. The average Bonchev–Trinajstić information content (AvgIpc) is 3.00. The van der Waals surface area contributed by atoms with Crippen molar-refractivity contribution in [3.05, 3.63) is 83.4 Å². The summed E-state index contributed by atoms with van der Waals surface area (Å²) in [5.41, 5.74) is 3.01. The van der Waals surface area contributed by atoms with Crippen molar-refractivity contribution in [2.24, 2.45) is 5.92 Å². The lowest BCUT2D eigenvalue weighted by Gasteiger charge is -2.34. The molecule has 9 nitrogen and oxygen atoms in total. The van der Waals surface area contributed by atoms with Gasteiger partial charge in [0.25, 0.3) is 10.0 Å². The van der Waals surface area contributed by atoms with Gasteiger partial charge in [-0.25, -0.2) is 8.42 Å². The number of sulfonamides is 1. The standard InChI is InChI=1S/C32H41N3O6S/c1-22-6-13-29(14-7-22)42(38,39)33-27-10-15-30-26(16-27)17-32(37)35(24(3)21-36)18-23(2)31(41-30)20-34(4)19-25-8-11-28(40-5)12-9-25/h6-16,23-24,31,33,36H,17-21H2,1-5H3/t23-,24+,31+/m0/s1. The quantitative estimate of drug-likeness (QED) is 0.364. The van der Waals surface area contributed by atoms with E-state index < -0.39 is 10.0 Å². The summed E-state index contributed by atoms with van der Waals surface area (Å²) in [7, 11) is -0.160. The van der Waals surface area contributed by atoms with E-state index in [1.54, 1.807) is 54.5 Å². The average molecular weight is 596 g/mol. The van der Waals surface area contributed by atoms with Gasteiger partial charge in [-0.1, -0.05) is 36.8 Å². The van der Waals surface area contributed by atoms with Gasteiger partial charge in [-0.15, -0.1) is 0 Å². The second kappa shape index (κ2) is 13.6. The molecule has 0 aliphatic carbocycles. The lowest BCUT2D eigenvalue weighted by molar-refractivity contribution is -0.134. The Bertz CT molecular complexity index is 1460. The molecule has 4 rings (SSSR count). The van der Waals surface area contributed by atoms with Gasteiger partial charge in [0.1, 0.15) is 17.6 Å². The molecule has 3 aromatic carbocycles. The zero-order chi connectivity index (χ0) is 30.4. The number of likely N-dealkylation sites (N-methyl/N-ethyl adjacent to an activating group) is 1. The van der Waals surface area contributed by atoms with Crippen molar-refractivity contribution in [2.75, 3.05) is 38.6 Å². The minimum absolute atomic E-state index is 0.0148. The maximum Gasteiger partial charge on any atom is 0.261 e. The van der Waals surface area contributed by atoms with Crippen molar-refractivity contribution in [1.29, 1.82) is 0 Å². The van der Waals surface area contributed by atoms with Crippen molar-refractivity contribution < 1.29 is 27.8 Å². The fraction of sp³-hybridized carbons (Fsp3) is 0.406. The number of amides is 1. The Kier molecular flexibility index (Phi) is 10.1. The molecule has 0 bridgehead atoms. The highest BCUT2D eigenvalue weighted by atomic mass is 32.2. The first-order valence-corrected chi connectivity index (χ1v) is 15.6. The summed E-state index contributed by atoms with van der Waals surface area (Å²) in [4.78, 5) is 17.5. The first kappa shape index (κ1) is 31.3. The molecule has 0 unspecified atom stereocenters. The van der Waals surface area contributed by atoms with Crippen LogP contribution in [0.4, 0.5) is 5.69 Å². The SMILES string of the molecule is COc1ccc(CN(C)C[C@H]2Oc3ccc(NS(=O)(=O)c4ccc(C)cc4)cc3CC(=O)N([C@H](C)CO)C[C@@H]2C)cc1. The van der Waals surface area contributed by atoms with Crippen molar-refractivity contribution in [3.8, 4) is 11.5 Å². The number of hydrogen-bond donors (Lipinski definition) is 2. The second-order valence-electron chi connectivity index (χ2n) is 11.2. The smallest absolute Gasteiger partial charge is 0.261 e. The third-order valence-electron chi connectivity index (χ3n) is 7.60. The molecule has 42 heavy (non-hydrogen) atoms. The molecule has 2 N–H and O–H groups in total. The van der Waals surface area contributed by atoms with Crippen LogP contribution in [0.15, 0.2) is 71.6 Å². The molecule has 3 aromatic rings. The number of methoxy groups -OCH3 is 1. The summed E-state index contributed by atoms with van der Waals surface area (Å²) in [6.45, 7) is 7.30. The summed E-state index contributed by atoms with van der Waals surface area (Å²) in [5.74, 6) is 1.13. The minimum Gasteiger partial charge on any atom is -0.497 e. The number of carbonyl (C=O) groups is 1. The fourth-order valence-electron chi connectivity index (χ4n) is 5.06. The third-order valence-corrected chi connectivity index (χ3v) is 9.00. The van der Waals surface area contributed by atoms with Crippen LogP contribution in [0.1, 0.15) is 30.5 Å². The molecule has 1 heterocycles. The van der Waals surface area contributed by atoms with Crippen LogP contribution in [0.25, 0.3) is 0 Å². The number of nitrogens with zero attached hydrogens (tertiary/aromatic N) is 2. The fourth-order valence-corrected chi connectivity index (χ4v) is 6.11. The number of anilines is 1. The van der Waals surface area contributed by atoms with E-state index in [-0.39, 0.29) is 41.9 Å². The summed E-state index contributed by atoms with van der Waals surface area (Å²) in [6.07, 6.45) is -0.262. The van der Waals surface area contributed by atoms with E-state index in [9.17, 15) is 18.3 Å². The van der Waals surface area contributed by atoms with E-state index in [0.29, 0.717) is 36.6 Å². The van der Waals surface area contributed by atoms with Crippen LogP contribution in [0.5, 0.6) is 11.5 Å². The highest BCUT2D eigenvalue weighted by Gasteiger charge is 2.31. The molecule has 0 spiro atoms. The molecule has 0 radical (unpaired) electrons. The van der Waals surface area contributed by atoms with Gasteiger partial charge >= 0.3 is 0 Å². The lowest BCUT2D eigenvalue weighted by atomic mass is 10.0. The van der Waals surface area contributed by atoms with Gasteiger partial charge in [0, 0.05) is 36.8 Å². The van der Waals surface area contributed by atoms with Crippen LogP contribution in [0.2, 0.25) is 0 Å². The van der Waals surface area contributed by atoms with Crippen LogP contribution >= 0.6 is 0 Å². The van der Waals surface area contributed by atoms with E-state index in [1.807, 2.05) is 52.1 Å². The Morgan fingerprint density at radius 3 is 2.45 bits per heavy atom. The first-order valence-electron chi connectivity index (χ1n) is 14.1. The number of nitrogens with one attached hydrogen (secondary N) is 1. The molecular formula is C32H41N3O6S. The zero-order valence-electron chi connectivity index (χ0n) is 24.9. The van der Waals surface area contributed by atoms with E-state index in [0.717, 1.165) is 16.9 Å². The molecular weight excluding hydrogens is 554 g/mol. The van der Waals surface area contributed by atoms with Gasteiger partial charge in [-0.3, -0.25) is 14.4 Å². The molecule has 0 aromatic heterocycles. The maximum absolute atomic E-state index is 13.5. The monoisotopic (exact) mass is 595 g/mol. The summed E-state index contributed by atoms with van der Waals surface area (Å²) >= 11 is 0. The number of aliphatic hydroxyl groups excluding tert-OH is 1. The van der Waals surface area contributed by atoms with Gasteiger partial charge in [-0.05, 0) is 68.9 Å². The first-order chi connectivity index (χ1) is 20.0. The van der Waals surface area contributed by atoms with Crippen LogP contribution in [-0.4, -0.2) is 75.2 Å². The van der Waals surface area contributed by atoms with Gasteiger partial charge in [-0.2, -0.15) is 0 Å². The number of rotatable bonds is 10. The van der Waals surface area contributed by atoms with E-state index in [2.05, 4.69) is 9.62 Å². The molecule has 1 amide bonds. The number of benzene rings is 3. The number of hydrogen-bond acceptors (Lipinski definition) is 7. The van der Waals surface area contributed by atoms with E-state index in [4.69, 9.17) is 9.47 Å². The molecule has 0 saturated carbocycles. The largest absolute Gasteiger partial charge is 0.497 e. The van der Waals surface area contributed by atoms with Crippen molar-refractivity contribution in [3.63, 3.8) is 0 Å². The van der Waals surface area contributed by atoms with Gasteiger partial charge in [0.2, 0.25) is 5.91 Å². The topological polar surface area (TPSA) is 108 Å². The van der Waals surface area contributed by atoms with Gasteiger partial charge < -0.3 is 19.5 Å². The molecule has 226 valence electrons. The van der Waals surface area contributed by atoms with Crippen LogP contribution in [-0.2, 0) is 27.8 Å². The Balaban J connectivity index is 1.61. The number of aliphatic hydroxyl groups is 1. The number of ether oxygens (including phenoxy) is 2. The van der Waals surface area contributed by atoms with Gasteiger partial charge in [0.15, 0.2) is 0 Å². The Labute approximate surface area is 249 Å². The van der Waals surface area contributed by atoms with Crippen LogP contribution in [0.3, 0.4) is 0 Å². The van der Waals surface area contributed by atoms with Gasteiger partial charge in [0.05, 0.1) is 31.1 Å². The molecule has 1 aliphatic heterocycles. The van der Waals surface area contributed by atoms with Crippen molar-refractivity contribution in [1.82, 2.24) is 9.80 Å². The van der Waals surface area contributed by atoms with E-state index >= 15 is 0 Å². The van der Waals surface area contributed by atoms with Crippen molar-refractivity contribution in [2.45, 2.75) is 50.8 Å². The maximum atomic E-state index is 13.5. The number of fused-ring (bicyclic) bond motifs is 1. The van der Waals surface area contributed by atoms with E-state index in [1.165, 1.54) is 0 Å². The highest BCUT2D eigenvalue weighted by Crippen LogP contribution is 2.30. The molecule has 3 atom stereocenters. The lowest BCUT2D eigenvalue weighted by Crippen LogP contribution is -2.47. The van der Waals surface area contributed by atoms with Crippen molar-refractivity contribution >= 4 is 21.6 Å². The van der Waals surface area contributed by atoms with Crippen LogP contribution < -0.4 is 14.2 Å². The molecule has 1 aliphatic rings. The minimum atomic E-state index is -3.83. The number of aryl methyl sites for hydroxylation is 1. The second-order valence-corrected chi connectivity index (χ2v) is 12.9. The Morgan fingerprint density at radius 1 is 1.12 bits per heavy atom. The summed E-state index contributed by atoms with van der Waals surface area (Å²) in [6, 6.07) is 19.2.